The number of ether oxygens (including phenoxy) is 1. The quantitative estimate of drug-likeness (QED) is 0.718. The Labute approximate surface area is 146 Å². The van der Waals surface area contributed by atoms with Gasteiger partial charge in [0.15, 0.2) is 0 Å². The molecule has 0 unspecified atom stereocenters. The van der Waals surface area contributed by atoms with E-state index in [4.69, 9.17) is 10.5 Å². The van der Waals surface area contributed by atoms with Crippen LogP contribution in [0.3, 0.4) is 0 Å². The maximum atomic E-state index is 9.29. The van der Waals surface area contributed by atoms with Crippen LogP contribution >= 0.6 is 0 Å². The van der Waals surface area contributed by atoms with Crippen molar-refractivity contribution in [2.45, 2.75) is 13.0 Å². The predicted octanol–water partition coefficient (Wildman–Crippen LogP) is 2.94. The van der Waals surface area contributed by atoms with Gasteiger partial charge in [-0.1, -0.05) is 42.2 Å². The van der Waals surface area contributed by atoms with E-state index in [1.807, 2.05) is 42.5 Å². The zero-order valence-electron chi connectivity index (χ0n) is 13.5. The molecule has 0 fully saturated rings. The number of aromatic nitrogens is 2. The fourth-order valence-corrected chi connectivity index (χ4v) is 2.13. The lowest BCUT2D eigenvalue weighted by molar-refractivity contribution is 0.294. The molecule has 0 amide bonds. The zero-order valence-corrected chi connectivity index (χ0v) is 13.5. The maximum absolute atomic E-state index is 9.29. The van der Waals surface area contributed by atoms with E-state index in [0.29, 0.717) is 24.5 Å². The average Bonchev–Trinajstić information content (AvgIpc) is 2.65. The van der Waals surface area contributed by atoms with Gasteiger partial charge < -0.3 is 15.6 Å². The number of hydrogen-bond acceptors (Lipinski definition) is 5. The van der Waals surface area contributed by atoms with Crippen molar-refractivity contribution < 1.29 is 9.84 Å². The summed E-state index contributed by atoms with van der Waals surface area (Å²) < 4.78 is 5.61. The van der Waals surface area contributed by atoms with Gasteiger partial charge >= 0.3 is 0 Å². The number of hydrogen-bond donors (Lipinski definition) is 2. The van der Waals surface area contributed by atoms with Crippen LogP contribution in [-0.4, -0.2) is 15.1 Å². The summed E-state index contributed by atoms with van der Waals surface area (Å²) in [4.78, 5) is 7.89. The van der Waals surface area contributed by atoms with Crippen LogP contribution in [0.2, 0.25) is 0 Å². The number of nitrogens with zero attached hydrogens (tertiary/aromatic N) is 2. The van der Waals surface area contributed by atoms with Crippen molar-refractivity contribution in [1.82, 2.24) is 9.97 Å². The third-order valence-electron chi connectivity index (χ3n) is 3.47. The lowest BCUT2D eigenvalue weighted by Gasteiger charge is -2.05. The Balaban J connectivity index is 1.56. The Morgan fingerprint density at radius 1 is 1.04 bits per heavy atom. The molecule has 0 aliphatic carbocycles. The number of benzene rings is 1. The molecule has 2 aromatic heterocycles. The van der Waals surface area contributed by atoms with Gasteiger partial charge in [-0.05, 0) is 23.3 Å². The summed E-state index contributed by atoms with van der Waals surface area (Å²) in [6.07, 6.45) is 3.81. The molecule has 0 saturated heterocycles. The van der Waals surface area contributed by atoms with E-state index >= 15 is 0 Å². The van der Waals surface area contributed by atoms with E-state index in [1.165, 1.54) is 6.20 Å². The summed E-state index contributed by atoms with van der Waals surface area (Å²) in [6.45, 7) is 0.474. The fraction of sp³-hybridized carbons (Fsp3) is 0.100. The Morgan fingerprint density at radius 2 is 1.84 bits per heavy atom. The summed E-state index contributed by atoms with van der Waals surface area (Å²) in [5, 5.41) is 9.29. The molecule has 5 nitrogen and oxygen atoms in total. The first-order valence-electron chi connectivity index (χ1n) is 7.76. The Bertz CT molecular complexity index is 898. The second-order valence-electron chi connectivity index (χ2n) is 5.39. The van der Waals surface area contributed by atoms with Gasteiger partial charge in [-0.2, -0.15) is 0 Å². The Morgan fingerprint density at radius 3 is 2.56 bits per heavy atom. The monoisotopic (exact) mass is 331 g/mol. The minimum Gasteiger partial charge on any atom is -0.492 e. The van der Waals surface area contributed by atoms with Crippen molar-refractivity contribution in [1.29, 1.82) is 0 Å². The number of nitrogens with two attached hydrogens (primary N) is 1. The Hall–Kier alpha value is -3.52. The largest absolute Gasteiger partial charge is 0.492 e. The van der Waals surface area contributed by atoms with Crippen molar-refractivity contribution >= 4 is 5.69 Å². The van der Waals surface area contributed by atoms with Gasteiger partial charge in [0.2, 0.25) is 11.8 Å². The van der Waals surface area contributed by atoms with E-state index in [0.717, 1.165) is 11.1 Å². The van der Waals surface area contributed by atoms with Gasteiger partial charge in [0.25, 0.3) is 0 Å². The van der Waals surface area contributed by atoms with Crippen LogP contribution in [0.15, 0.2) is 60.9 Å². The number of aromatic hydroxyl groups is 1. The summed E-state index contributed by atoms with van der Waals surface area (Å²) in [6, 6.07) is 15.2. The molecule has 3 aromatic rings. The Kier molecular flexibility index (Phi) is 5.13. The first-order valence-corrected chi connectivity index (χ1v) is 7.76. The van der Waals surface area contributed by atoms with Crippen molar-refractivity contribution in [3.05, 3.63) is 77.6 Å². The molecule has 0 saturated carbocycles. The van der Waals surface area contributed by atoms with Crippen molar-refractivity contribution in [3.8, 4) is 23.6 Å². The SMILES string of the molecule is Nc1cc(C#CCc2ccc(COc3ccccn3)cc2)cnc1O. The third-order valence-corrected chi connectivity index (χ3v) is 3.47. The summed E-state index contributed by atoms with van der Waals surface area (Å²) in [7, 11) is 0. The van der Waals surface area contributed by atoms with Gasteiger partial charge in [-0.3, -0.25) is 0 Å². The molecule has 0 spiro atoms. The normalized spacial score (nSPS) is 9.92. The molecule has 0 aliphatic rings. The molecule has 2 heterocycles. The van der Waals surface area contributed by atoms with Crippen LogP contribution in [0.4, 0.5) is 5.69 Å². The standard InChI is InChI=1S/C20H17N3O2/c21-18-12-17(13-23-20(18)24)5-3-4-15-7-9-16(10-8-15)14-25-19-6-1-2-11-22-19/h1-2,6-13H,4,14,21H2,(H,23,24). The molecule has 3 N–H and O–H groups in total. The van der Waals surface area contributed by atoms with E-state index in [1.54, 1.807) is 12.3 Å². The summed E-state index contributed by atoms with van der Waals surface area (Å²) >= 11 is 0. The number of nitrogen functional groups attached to an aromatic ring is 1. The van der Waals surface area contributed by atoms with Gasteiger partial charge in [-0.25, -0.2) is 9.97 Å². The van der Waals surface area contributed by atoms with E-state index < -0.39 is 0 Å². The highest BCUT2D eigenvalue weighted by Gasteiger charge is 1.99. The van der Waals surface area contributed by atoms with Crippen LogP contribution in [0.25, 0.3) is 0 Å². The van der Waals surface area contributed by atoms with E-state index in [-0.39, 0.29) is 11.6 Å². The summed E-state index contributed by atoms with van der Waals surface area (Å²) in [5.74, 6) is 6.50. The highest BCUT2D eigenvalue weighted by molar-refractivity contribution is 5.52. The average molecular weight is 331 g/mol. The fourth-order valence-electron chi connectivity index (χ4n) is 2.13. The number of anilines is 1. The molecule has 5 heteroatoms. The molecule has 0 bridgehead atoms. The van der Waals surface area contributed by atoms with Crippen LogP contribution < -0.4 is 10.5 Å². The minimum atomic E-state index is -0.172. The van der Waals surface area contributed by atoms with Crippen LogP contribution in [0.1, 0.15) is 16.7 Å². The molecular formula is C20H17N3O2. The molecule has 3 rings (SSSR count). The molecule has 124 valence electrons. The maximum Gasteiger partial charge on any atom is 0.234 e. The van der Waals surface area contributed by atoms with Gasteiger partial charge in [0.05, 0.1) is 5.69 Å². The second kappa shape index (κ2) is 7.84. The second-order valence-corrected chi connectivity index (χ2v) is 5.39. The molecule has 1 aromatic carbocycles. The zero-order chi connectivity index (χ0) is 17.5. The van der Waals surface area contributed by atoms with Gasteiger partial charge in [0.1, 0.15) is 6.61 Å². The van der Waals surface area contributed by atoms with Crippen molar-refractivity contribution in [2.24, 2.45) is 0 Å². The van der Waals surface area contributed by atoms with E-state index in [9.17, 15) is 5.11 Å². The third kappa shape index (κ3) is 4.72. The molecular weight excluding hydrogens is 314 g/mol. The molecule has 0 aliphatic heterocycles. The van der Waals surface area contributed by atoms with Gasteiger partial charge in [0, 0.05) is 30.4 Å². The van der Waals surface area contributed by atoms with Crippen molar-refractivity contribution in [3.63, 3.8) is 0 Å². The van der Waals surface area contributed by atoms with Crippen molar-refractivity contribution in [2.75, 3.05) is 5.73 Å². The minimum absolute atomic E-state index is 0.172. The first-order chi connectivity index (χ1) is 12.2. The predicted molar refractivity (Wildman–Crippen MR) is 95.9 cm³/mol. The topological polar surface area (TPSA) is 81.3 Å². The lowest BCUT2D eigenvalue weighted by atomic mass is 10.1. The lowest BCUT2D eigenvalue weighted by Crippen LogP contribution is -1.97. The molecule has 25 heavy (non-hydrogen) atoms. The highest BCUT2D eigenvalue weighted by Crippen LogP contribution is 2.16. The summed E-state index contributed by atoms with van der Waals surface area (Å²) in [5.41, 5.74) is 8.67. The van der Waals surface area contributed by atoms with Crippen LogP contribution in [0.5, 0.6) is 11.8 Å². The van der Waals surface area contributed by atoms with E-state index in [2.05, 4.69) is 21.8 Å². The van der Waals surface area contributed by atoms with Gasteiger partial charge in [-0.15, -0.1) is 0 Å². The molecule has 0 radical (unpaired) electrons. The number of rotatable bonds is 4. The van der Waals surface area contributed by atoms with Crippen LogP contribution in [-0.2, 0) is 13.0 Å². The molecule has 0 atom stereocenters. The highest BCUT2D eigenvalue weighted by atomic mass is 16.5. The first kappa shape index (κ1) is 16.3. The number of pyridine rings is 2. The van der Waals surface area contributed by atoms with Crippen LogP contribution in [0, 0.1) is 11.8 Å². The smallest absolute Gasteiger partial charge is 0.234 e.